The van der Waals surface area contributed by atoms with Crippen molar-refractivity contribution in [1.29, 1.82) is 0 Å². The molecule has 1 rings (SSSR count). The maximum atomic E-state index is 10.7. The summed E-state index contributed by atoms with van der Waals surface area (Å²) in [6.07, 6.45) is 10.2. The standard InChI is InChI=1S/C20H28O2/c1-15(8-6-9-16(2)14-19(21)22)11-12-18-17(3)10-7-13-20(18,4)5/h6,8-9,11-12,14H,7,10,13H2,1-5H3,(H,21,22)/b9-6-,12-11+,15-8-,16-14+/i6T,9T. The number of carbonyl (C=O) groups is 1. The second kappa shape index (κ2) is 7.98. The molecule has 1 aliphatic carbocycles. The zero-order valence-electron chi connectivity index (χ0n) is 16.3. The Morgan fingerprint density at radius 1 is 1.32 bits per heavy atom. The van der Waals surface area contributed by atoms with Crippen LogP contribution in [0.4, 0.5) is 0 Å². The highest BCUT2D eigenvalue weighted by Gasteiger charge is 2.26. The molecule has 0 heterocycles. The van der Waals surface area contributed by atoms with E-state index in [0.717, 1.165) is 18.1 Å². The number of hydrogen-bond acceptors (Lipinski definition) is 1. The van der Waals surface area contributed by atoms with Crippen molar-refractivity contribution in [3.8, 4) is 0 Å². The first kappa shape index (κ1) is 15.1. The van der Waals surface area contributed by atoms with Crippen LogP contribution in [-0.2, 0) is 4.79 Å². The van der Waals surface area contributed by atoms with E-state index in [-0.39, 0.29) is 23.1 Å². The fourth-order valence-electron chi connectivity index (χ4n) is 2.76. The molecule has 0 aromatic carbocycles. The second-order valence-corrected chi connectivity index (χ2v) is 6.59. The normalized spacial score (nSPS) is 22.4. The van der Waals surface area contributed by atoms with Gasteiger partial charge in [-0.25, -0.2) is 4.79 Å². The second-order valence-electron chi connectivity index (χ2n) is 6.59. The van der Waals surface area contributed by atoms with E-state index in [1.165, 1.54) is 30.9 Å². The first-order chi connectivity index (χ1) is 11.0. The third-order valence-corrected chi connectivity index (χ3v) is 3.96. The fourth-order valence-corrected chi connectivity index (χ4v) is 2.76. The highest BCUT2D eigenvalue weighted by atomic mass is 16.4. The van der Waals surface area contributed by atoms with E-state index in [1.54, 1.807) is 6.08 Å². The van der Waals surface area contributed by atoms with E-state index >= 15 is 0 Å². The lowest BCUT2D eigenvalue weighted by Crippen LogP contribution is -2.19. The minimum atomic E-state index is -1.10. The molecular formula is C20H28O2. The Balaban J connectivity index is 3.04. The number of carboxylic acids is 1. The molecule has 22 heavy (non-hydrogen) atoms. The van der Waals surface area contributed by atoms with Crippen LogP contribution in [0.3, 0.4) is 0 Å². The van der Waals surface area contributed by atoms with Crippen LogP contribution in [0, 0.1) is 5.41 Å². The lowest BCUT2D eigenvalue weighted by molar-refractivity contribution is -0.131. The average Bonchev–Trinajstić information content (AvgIpc) is 2.44. The largest absolute Gasteiger partial charge is 0.478 e. The monoisotopic (exact) mass is 304 g/mol. The van der Waals surface area contributed by atoms with E-state index < -0.39 is 5.97 Å². The Kier molecular flexibility index (Phi) is 5.47. The van der Waals surface area contributed by atoms with Gasteiger partial charge in [-0.2, -0.15) is 0 Å². The van der Waals surface area contributed by atoms with Gasteiger partial charge in [-0.1, -0.05) is 55.3 Å². The van der Waals surface area contributed by atoms with Gasteiger partial charge in [0.25, 0.3) is 0 Å². The Labute approximate surface area is 137 Å². The molecular weight excluding hydrogens is 272 g/mol. The van der Waals surface area contributed by atoms with Crippen molar-refractivity contribution in [2.75, 3.05) is 0 Å². The van der Waals surface area contributed by atoms with Gasteiger partial charge in [0.05, 0.1) is 2.74 Å². The van der Waals surface area contributed by atoms with Crippen molar-refractivity contribution in [3.05, 3.63) is 58.7 Å². The Bertz CT molecular complexity index is 659. The van der Waals surface area contributed by atoms with Crippen molar-refractivity contribution in [2.45, 2.75) is 53.9 Å². The summed E-state index contributed by atoms with van der Waals surface area (Å²) in [5, 5.41) is 8.72. The predicted octanol–water partition coefficient (Wildman–Crippen LogP) is 5.60. The van der Waals surface area contributed by atoms with Crippen molar-refractivity contribution in [2.24, 2.45) is 5.41 Å². The van der Waals surface area contributed by atoms with Gasteiger partial charge in [-0.15, -0.1) is 0 Å². The minimum absolute atomic E-state index is 0.0146. The number of rotatable bonds is 5. The van der Waals surface area contributed by atoms with Gasteiger partial charge in [0.1, 0.15) is 0 Å². The van der Waals surface area contributed by atoms with Crippen molar-refractivity contribution in [1.82, 2.24) is 0 Å². The molecule has 0 bridgehead atoms. The highest BCUT2D eigenvalue weighted by Crippen LogP contribution is 2.40. The summed E-state index contributed by atoms with van der Waals surface area (Å²) in [7, 11) is 0. The van der Waals surface area contributed by atoms with Crippen LogP contribution in [0.15, 0.2) is 58.7 Å². The molecule has 1 N–H and O–H groups in total. The molecule has 0 atom stereocenters. The maximum Gasteiger partial charge on any atom is 0.328 e. The molecule has 2 nitrogen and oxygen atoms in total. The first-order valence-corrected chi connectivity index (χ1v) is 7.70. The van der Waals surface area contributed by atoms with Gasteiger partial charge < -0.3 is 5.11 Å². The molecule has 0 amide bonds. The smallest absolute Gasteiger partial charge is 0.328 e. The van der Waals surface area contributed by atoms with Gasteiger partial charge in [-0.05, 0) is 56.6 Å². The minimum Gasteiger partial charge on any atom is -0.478 e. The lowest BCUT2D eigenvalue weighted by Gasteiger charge is -2.32. The van der Waals surface area contributed by atoms with Crippen LogP contribution >= 0.6 is 0 Å². The zero-order valence-corrected chi connectivity index (χ0v) is 14.3. The number of allylic oxidation sites excluding steroid dienone is 9. The molecule has 1 aliphatic rings. The zero-order chi connectivity index (χ0) is 18.5. The maximum absolute atomic E-state index is 10.7. The summed E-state index contributed by atoms with van der Waals surface area (Å²) in [6.45, 7) is 10.1. The molecule has 2 heteroatoms. The summed E-state index contributed by atoms with van der Waals surface area (Å²) in [5.41, 5.74) is 4.07. The molecule has 0 aromatic heterocycles. The fraction of sp³-hybridized carbons (Fsp3) is 0.450. The molecule has 0 saturated carbocycles. The topological polar surface area (TPSA) is 37.3 Å². The van der Waals surface area contributed by atoms with Gasteiger partial charge in [-0.3, -0.25) is 0 Å². The van der Waals surface area contributed by atoms with E-state index in [4.69, 9.17) is 7.85 Å². The van der Waals surface area contributed by atoms with E-state index in [0.29, 0.717) is 0 Å². The van der Waals surface area contributed by atoms with Crippen molar-refractivity contribution < 1.29 is 12.6 Å². The Hall–Kier alpha value is -1.83. The molecule has 0 spiro atoms. The van der Waals surface area contributed by atoms with Gasteiger partial charge in [0, 0.05) is 6.08 Å². The average molecular weight is 304 g/mol. The summed E-state index contributed by atoms with van der Waals surface area (Å²) in [4.78, 5) is 10.7. The molecule has 0 unspecified atom stereocenters. The van der Waals surface area contributed by atoms with Crippen LogP contribution in [0.1, 0.15) is 56.6 Å². The summed E-state index contributed by atoms with van der Waals surface area (Å²) in [6, 6.07) is -0.0562. The molecule has 0 aromatic rings. The summed E-state index contributed by atoms with van der Waals surface area (Å²) < 4.78 is 15.8. The van der Waals surface area contributed by atoms with Gasteiger partial charge in [0.2, 0.25) is 0 Å². The predicted molar refractivity (Wildman–Crippen MR) is 93.8 cm³/mol. The van der Waals surface area contributed by atoms with Crippen LogP contribution < -0.4 is 0 Å². The quantitative estimate of drug-likeness (QED) is 0.530. The number of aliphatic carboxylic acids is 1. The number of carboxylic acid groups (broad SMARTS) is 1. The molecule has 0 radical (unpaired) electrons. The third-order valence-electron chi connectivity index (χ3n) is 3.96. The summed E-state index contributed by atoms with van der Waals surface area (Å²) >= 11 is 0. The first-order valence-electron chi connectivity index (χ1n) is 8.70. The van der Waals surface area contributed by atoms with Crippen molar-refractivity contribution in [3.63, 3.8) is 0 Å². The van der Waals surface area contributed by atoms with Crippen LogP contribution in [0.25, 0.3) is 0 Å². The Morgan fingerprint density at radius 2 is 2.00 bits per heavy atom. The highest BCUT2D eigenvalue weighted by molar-refractivity contribution is 5.81. The van der Waals surface area contributed by atoms with Gasteiger partial charge in [0.15, 0.2) is 0 Å². The van der Waals surface area contributed by atoms with Crippen LogP contribution in [0.5, 0.6) is 0 Å². The van der Waals surface area contributed by atoms with E-state index in [1.807, 2.05) is 13.0 Å². The molecule has 0 saturated heterocycles. The van der Waals surface area contributed by atoms with Crippen LogP contribution in [-0.4, -0.2) is 11.1 Å². The molecule has 0 fully saturated rings. The molecule has 0 aliphatic heterocycles. The summed E-state index contributed by atoms with van der Waals surface area (Å²) in [5.74, 6) is -1.10. The van der Waals surface area contributed by atoms with Gasteiger partial charge >= 0.3 is 5.97 Å². The van der Waals surface area contributed by atoms with E-state index in [9.17, 15) is 4.79 Å². The number of hydrogen-bond donors (Lipinski definition) is 1. The third kappa shape index (κ3) is 5.88. The Morgan fingerprint density at radius 3 is 2.59 bits per heavy atom. The van der Waals surface area contributed by atoms with Crippen LogP contribution in [0.2, 0.25) is 0 Å². The lowest BCUT2D eigenvalue weighted by atomic mass is 9.72. The van der Waals surface area contributed by atoms with E-state index in [2.05, 4.69) is 26.8 Å². The van der Waals surface area contributed by atoms with Crippen molar-refractivity contribution >= 4 is 5.97 Å². The molecule has 120 valence electrons. The SMILES string of the molecule is [3H]C(/C=C(C)\C=C\C1=C(C)CCCC1(C)C)=C([3H])/C(C)=C/C(=O)O.